The van der Waals surface area contributed by atoms with E-state index in [-0.39, 0.29) is 0 Å². The monoisotopic (exact) mass is 253 g/mol. The normalized spacial score (nSPS) is 22.4. The van der Waals surface area contributed by atoms with Crippen LogP contribution in [-0.4, -0.2) is 4.98 Å². The third-order valence-corrected chi connectivity index (χ3v) is 4.91. The minimum atomic E-state index is 0.394. The van der Waals surface area contributed by atoms with Crippen molar-refractivity contribution < 1.29 is 0 Å². The van der Waals surface area contributed by atoms with Crippen LogP contribution in [0.25, 0.3) is 10.9 Å². The van der Waals surface area contributed by atoms with Gasteiger partial charge in [0.15, 0.2) is 0 Å². The van der Waals surface area contributed by atoms with E-state index in [4.69, 9.17) is 0 Å². The maximum absolute atomic E-state index is 4.55. The lowest BCUT2D eigenvalue weighted by molar-refractivity contribution is 0.322. The fourth-order valence-corrected chi connectivity index (χ4v) is 4.03. The lowest BCUT2D eigenvalue weighted by atomic mass is 9.65. The molecule has 0 spiro atoms. The van der Waals surface area contributed by atoms with Crippen LogP contribution < -0.4 is 0 Å². The van der Waals surface area contributed by atoms with E-state index in [1.807, 2.05) is 6.20 Å². The van der Waals surface area contributed by atoms with Crippen molar-refractivity contribution in [3.05, 3.63) is 41.6 Å². The minimum absolute atomic E-state index is 0.394. The van der Waals surface area contributed by atoms with Crippen LogP contribution in [-0.2, 0) is 11.8 Å². The van der Waals surface area contributed by atoms with Crippen molar-refractivity contribution in [2.45, 2.75) is 57.8 Å². The Morgan fingerprint density at radius 2 is 2.11 bits per heavy atom. The predicted octanol–water partition coefficient (Wildman–Crippen LogP) is 5.02. The van der Waals surface area contributed by atoms with Gasteiger partial charge in [0.05, 0.1) is 5.52 Å². The lowest BCUT2D eigenvalue weighted by Gasteiger charge is -2.39. The van der Waals surface area contributed by atoms with Crippen molar-refractivity contribution >= 4 is 10.9 Å². The van der Waals surface area contributed by atoms with Gasteiger partial charge < -0.3 is 0 Å². The molecule has 2 aromatic rings. The van der Waals surface area contributed by atoms with E-state index < -0.39 is 0 Å². The molecule has 1 aromatic carbocycles. The Bertz CT molecular complexity index is 587. The molecule has 0 radical (unpaired) electrons. The summed E-state index contributed by atoms with van der Waals surface area (Å²) in [6, 6.07) is 8.88. The summed E-state index contributed by atoms with van der Waals surface area (Å²) in [4.78, 5) is 4.55. The Morgan fingerprint density at radius 1 is 1.21 bits per heavy atom. The zero-order valence-corrected chi connectivity index (χ0v) is 12.1. The first-order valence-electron chi connectivity index (χ1n) is 7.68. The number of nitrogens with zero attached hydrogens (tertiary/aromatic N) is 1. The average molecular weight is 253 g/mol. The molecule has 0 amide bonds. The highest BCUT2D eigenvalue weighted by Gasteiger charge is 2.35. The summed E-state index contributed by atoms with van der Waals surface area (Å²) < 4.78 is 0. The topological polar surface area (TPSA) is 12.9 Å². The molecule has 100 valence electrons. The Labute approximate surface area is 116 Å². The second-order valence-electron chi connectivity index (χ2n) is 5.91. The highest BCUT2D eigenvalue weighted by molar-refractivity contribution is 5.84. The highest BCUT2D eigenvalue weighted by Crippen LogP contribution is 2.46. The standard InChI is InChI=1S/C18H23N/c1-3-11-18(4-2)12-5-7-14-9-10-16-15(17(14)18)8-6-13-19-16/h6,8-10,13H,3-5,7,11-12H2,1-2H3. The minimum Gasteiger partial charge on any atom is -0.256 e. The number of rotatable bonds is 3. The number of pyridine rings is 1. The van der Waals surface area contributed by atoms with Gasteiger partial charge in [0.1, 0.15) is 0 Å². The van der Waals surface area contributed by atoms with E-state index in [1.165, 1.54) is 43.9 Å². The van der Waals surface area contributed by atoms with Gasteiger partial charge in [-0.3, -0.25) is 4.98 Å². The fourth-order valence-electron chi connectivity index (χ4n) is 4.03. The smallest absolute Gasteiger partial charge is 0.0705 e. The Morgan fingerprint density at radius 3 is 2.89 bits per heavy atom. The van der Waals surface area contributed by atoms with Gasteiger partial charge in [-0.25, -0.2) is 0 Å². The summed E-state index contributed by atoms with van der Waals surface area (Å²) in [6.45, 7) is 4.68. The van der Waals surface area contributed by atoms with Crippen LogP contribution in [0.15, 0.2) is 30.5 Å². The number of hydrogen-bond donors (Lipinski definition) is 0. The van der Waals surface area contributed by atoms with Crippen molar-refractivity contribution in [3.63, 3.8) is 0 Å². The molecule has 0 fully saturated rings. The molecule has 0 bridgehead atoms. The Hall–Kier alpha value is -1.37. The first-order valence-corrected chi connectivity index (χ1v) is 7.68. The van der Waals surface area contributed by atoms with Crippen LogP contribution in [0.1, 0.15) is 57.1 Å². The van der Waals surface area contributed by atoms with Crippen LogP contribution >= 0.6 is 0 Å². The quantitative estimate of drug-likeness (QED) is 0.748. The van der Waals surface area contributed by atoms with Crippen molar-refractivity contribution in [1.82, 2.24) is 4.98 Å². The molecule has 1 heteroatoms. The molecule has 3 rings (SSSR count). The van der Waals surface area contributed by atoms with Crippen LogP contribution in [0.3, 0.4) is 0 Å². The third kappa shape index (κ3) is 1.96. The summed E-state index contributed by atoms with van der Waals surface area (Å²) in [5.74, 6) is 0. The molecule has 1 atom stereocenters. The van der Waals surface area contributed by atoms with E-state index in [2.05, 4.69) is 43.1 Å². The molecular weight excluding hydrogens is 230 g/mol. The first kappa shape index (κ1) is 12.7. The van der Waals surface area contributed by atoms with Gasteiger partial charge in [0.25, 0.3) is 0 Å². The third-order valence-electron chi connectivity index (χ3n) is 4.91. The van der Waals surface area contributed by atoms with Gasteiger partial charge in [0.2, 0.25) is 0 Å². The van der Waals surface area contributed by atoms with Gasteiger partial charge in [-0.1, -0.05) is 32.4 Å². The van der Waals surface area contributed by atoms with Gasteiger partial charge in [0, 0.05) is 11.6 Å². The van der Waals surface area contributed by atoms with E-state index >= 15 is 0 Å². The molecule has 1 heterocycles. The van der Waals surface area contributed by atoms with Crippen molar-refractivity contribution in [3.8, 4) is 0 Å². The van der Waals surface area contributed by atoms with E-state index in [9.17, 15) is 0 Å². The maximum Gasteiger partial charge on any atom is 0.0705 e. The van der Waals surface area contributed by atoms with Crippen LogP contribution in [0.4, 0.5) is 0 Å². The average Bonchev–Trinajstić information content (AvgIpc) is 2.47. The molecule has 1 aliphatic carbocycles. The number of fused-ring (bicyclic) bond motifs is 3. The van der Waals surface area contributed by atoms with E-state index in [0.717, 1.165) is 5.52 Å². The molecule has 0 saturated heterocycles. The first-order chi connectivity index (χ1) is 9.30. The maximum atomic E-state index is 4.55. The largest absolute Gasteiger partial charge is 0.256 e. The summed E-state index contributed by atoms with van der Waals surface area (Å²) in [5, 5.41) is 1.40. The van der Waals surface area contributed by atoms with Crippen LogP contribution in [0, 0.1) is 0 Å². The molecule has 1 unspecified atom stereocenters. The summed E-state index contributed by atoms with van der Waals surface area (Å²) in [7, 11) is 0. The summed E-state index contributed by atoms with van der Waals surface area (Å²) in [5.41, 5.74) is 4.75. The molecule has 1 nitrogen and oxygen atoms in total. The van der Waals surface area contributed by atoms with Crippen molar-refractivity contribution in [1.29, 1.82) is 0 Å². The number of hydrogen-bond acceptors (Lipinski definition) is 1. The van der Waals surface area contributed by atoms with Gasteiger partial charge >= 0.3 is 0 Å². The van der Waals surface area contributed by atoms with Crippen LogP contribution in [0.2, 0.25) is 0 Å². The Kier molecular flexibility index (Phi) is 3.30. The zero-order chi connectivity index (χ0) is 13.3. The second kappa shape index (κ2) is 4.96. The zero-order valence-electron chi connectivity index (χ0n) is 12.1. The number of aromatic nitrogens is 1. The van der Waals surface area contributed by atoms with Gasteiger partial charge in [-0.15, -0.1) is 0 Å². The molecule has 1 aromatic heterocycles. The molecule has 0 saturated carbocycles. The summed E-state index contributed by atoms with van der Waals surface area (Å²) >= 11 is 0. The van der Waals surface area contributed by atoms with Crippen molar-refractivity contribution in [2.24, 2.45) is 0 Å². The Balaban J connectivity index is 2.29. The SMILES string of the molecule is CCCC1(CC)CCCc2ccc3ncccc3c21. The van der Waals surface area contributed by atoms with Crippen LogP contribution in [0.5, 0.6) is 0 Å². The molecule has 19 heavy (non-hydrogen) atoms. The molecule has 0 aliphatic heterocycles. The fraction of sp³-hybridized carbons (Fsp3) is 0.500. The molecule has 1 aliphatic rings. The number of benzene rings is 1. The predicted molar refractivity (Wildman–Crippen MR) is 81.6 cm³/mol. The highest BCUT2D eigenvalue weighted by atomic mass is 14.6. The summed E-state index contributed by atoms with van der Waals surface area (Å²) in [6.07, 6.45) is 9.66. The van der Waals surface area contributed by atoms with Gasteiger partial charge in [-0.05, 0) is 60.8 Å². The van der Waals surface area contributed by atoms with Crippen molar-refractivity contribution in [2.75, 3.05) is 0 Å². The second-order valence-corrected chi connectivity index (χ2v) is 5.91. The molecular formula is C18H23N. The molecule has 0 N–H and O–H groups in total. The van der Waals surface area contributed by atoms with E-state index in [0.29, 0.717) is 5.41 Å². The lowest BCUT2D eigenvalue weighted by Crippen LogP contribution is -2.30. The van der Waals surface area contributed by atoms with E-state index in [1.54, 1.807) is 11.1 Å². The number of aryl methyl sites for hydroxylation is 1. The van der Waals surface area contributed by atoms with Gasteiger partial charge in [-0.2, -0.15) is 0 Å².